The van der Waals surface area contributed by atoms with Gasteiger partial charge in [0, 0.05) is 26.2 Å². The monoisotopic (exact) mass is 456 g/mol. The highest BCUT2D eigenvalue weighted by Crippen LogP contribution is 2.30. The smallest absolute Gasteiger partial charge is 0.325 e. The van der Waals surface area contributed by atoms with Crippen molar-refractivity contribution in [3.8, 4) is 5.75 Å². The Hall–Kier alpha value is -3.10. The van der Waals surface area contributed by atoms with E-state index in [4.69, 9.17) is 4.74 Å². The molecular weight excluding hydrogens is 424 g/mol. The van der Waals surface area contributed by atoms with Crippen molar-refractivity contribution in [1.82, 2.24) is 20.0 Å². The van der Waals surface area contributed by atoms with Gasteiger partial charge in [-0.2, -0.15) is 0 Å². The SMILES string of the molecule is COc1ccc([C@]2(C)NC(=O)N(CC(=O)N3CCC[C@@H](C(=O)N4CCCCC4)C3)C2=O)cc1. The number of nitrogens with zero attached hydrogens (tertiary/aromatic N) is 3. The van der Waals surface area contributed by atoms with Crippen LogP contribution in [0.4, 0.5) is 4.79 Å². The zero-order chi connectivity index (χ0) is 23.6. The summed E-state index contributed by atoms with van der Waals surface area (Å²) in [5.41, 5.74) is -0.639. The van der Waals surface area contributed by atoms with Gasteiger partial charge in [-0.1, -0.05) is 12.1 Å². The van der Waals surface area contributed by atoms with Gasteiger partial charge in [0.05, 0.1) is 13.0 Å². The molecule has 178 valence electrons. The Bertz CT molecular complexity index is 927. The molecule has 33 heavy (non-hydrogen) atoms. The summed E-state index contributed by atoms with van der Waals surface area (Å²) in [7, 11) is 1.55. The van der Waals surface area contributed by atoms with Crippen molar-refractivity contribution in [2.24, 2.45) is 5.92 Å². The van der Waals surface area contributed by atoms with Crippen molar-refractivity contribution < 1.29 is 23.9 Å². The summed E-state index contributed by atoms with van der Waals surface area (Å²) in [4.78, 5) is 56.3. The molecule has 3 saturated heterocycles. The third-order valence-corrected chi connectivity index (χ3v) is 7.03. The van der Waals surface area contributed by atoms with Crippen LogP contribution in [0.5, 0.6) is 5.75 Å². The highest BCUT2D eigenvalue weighted by Gasteiger charge is 2.50. The lowest BCUT2D eigenvalue weighted by Crippen LogP contribution is -2.50. The van der Waals surface area contributed by atoms with Crippen LogP contribution in [0, 0.1) is 5.92 Å². The van der Waals surface area contributed by atoms with Gasteiger partial charge in [0.25, 0.3) is 5.91 Å². The second-order valence-electron chi connectivity index (χ2n) is 9.24. The van der Waals surface area contributed by atoms with E-state index in [0.29, 0.717) is 24.4 Å². The number of imide groups is 1. The summed E-state index contributed by atoms with van der Waals surface area (Å²) in [5, 5.41) is 2.73. The second kappa shape index (κ2) is 9.41. The van der Waals surface area contributed by atoms with E-state index in [1.807, 2.05) is 4.90 Å². The molecule has 1 N–H and O–H groups in total. The average Bonchev–Trinajstić information content (AvgIpc) is 3.08. The van der Waals surface area contributed by atoms with Gasteiger partial charge in [0.1, 0.15) is 17.8 Å². The molecule has 3 aliphatic rings. The summed E-state index contributed by atoms with van der Waals surface area (Å²) < 4.78 is 5.16. The summed E-state index contributed by atoms with van der Waals surface area (Å²) in [6.45, 7) is 3.75. The first-order valence-electron chi connectivity index (χ1n) is 11.7. The number of carbonyl (C=O) groups is 4. The molecule has 0 radical (unpaired) electrons. The van der Waals surface area contributed by atoms with E-state index in [0.717, 1.165) is 50.1 Å². The van der Waals surface area contributed by atoms with Crippen molar-refractivity contribution in [1.29, 1.82) is 0 Å². The largest absolute Gasteiger partial charge is 0.497 e. The van der Waals surface area contributed by atoms with E-state index >= 15 is 0 Å². The summed E-state index contributed by atoms with van der Waals surface area (Å²) in [5.74, 6) is -0.231. The number of hydrogen-bond donors (Lipinski definition) is 1. The van der Waals surface area contributed by atoms with Crippen LogP contribution in [0.15, 0.2) is 24.3 Å². The molecule has 0 bridgehead atoms. The van der Waals surface area contributed by atoms with Crippen LogP contribution in [-0.2, 0) is 19.9 Å². The molecule has 9 heteroatoms. The predicted octanol–water partition coefficient (Wildman–Crippen LogP) is 1.71. The van der Waals surface area contributed by atoms with E-state index in [9.17, 15) is 19.2 Å². The number of piperidine rings is 2. The number of hydrogen-bond acceptors (Lipinski definition) is 5. The number of methoxy groups -OCH3 is 1. The molecule has 9 nitrogen and oxygen atoms in total. The lowest BCUT2D eigenvalue weighted by Gasteiger charge is -2.36. The first-order chi connectivity index (χ1) is 15.8. The van der Waals surface area contributed by atoms with Crippen molar-refractivity contribution in [3.63, 3.8) is 0 Å². The minimum absolute atomic E-state index is 0.120. The van der Waals surface area contributed by atoms with Gasteiger partial charge in [0.15, 0.2) is 0 Å². The van der Waals surface area contributed by atoms with Crippen molar-refractivity contribution >= 4 is 23.8 Å². The Labute approximate surface area is 194 Å². The maximum absolute atomic E-state index is 13.2. The Morgan fingerprint density at radius 2 is 1.70 bits per heavy atom. The number of benzene rings is 1. The average molecular weight is 457 g/mol. The van der Waals surface area contributed by atoms with Crippen LogP contribution in [0.2, 0.25) is 0 Å². The van der Waals surface area contributed by atoms with Crippen molar-refractivity contribution in [2.75, 3.05) is 39.8 Å². The molecule has 1 aromatic rings. The molecule has 0 spiro atoms. The number of ether oxygens (including phenoxy) is 1. The quantitative estimate of drug-likeness (QED) is 0.680. The fourth-order valence-corrected chi connectivity index (χ4v) is 4.97. The number of urea groups is 1. The summed E-state index contributed by atoms with van der Waals surface area (Å²) >= 11 is 0. The topological polar surface area (TPSA) is 99.3 Å². The van der Waals surface area contributed by atoms with Gasteiger partial charge in [-0.05, 0) is 56.7 Å². The molecule has 5 amide bonds. The molecule has 0 unspecified atom stereocenters. The van der Waals surface area contributed by atoms with Crippen LogP contribution in [-0.4, -0.2) is 78.3 Å². The van der Waals surface area contributed by atoms with Crippen LogP contribution >= 0.6 is 0 Å². The normalized spacial score (nSPS) is 25.8. The van der Waals surface area contributed by atoms with Crippen LogP contribution in [0.25, 0.3) is 0 Å². The van der Waals surface area contributed by atoms with E-state index < -0.39 is 17.5 Å². The third-order valence-electron chi connectivity index (χ3n) is 7.03. The van der Waals surface area contributed by atoms with Gasteiger partial charge in [-0.3, -0.25) is 19.3 Å². The molecule has 3 heterocycles. The van der Waals surface area contributed by atoms with Crippen molar-refractivity contribution in [3.05, 3.63) is 29.8 Å². The minimum atomic E-state index is -1.25. The first kappa shape index (κ1) is 23.1. The number of nitrogens with one attached hydrogen (secondary N) is 1. The molecule has 4 rings (SSSR count). The zero-order valence-electron chi connectivity index (χ0n) is 19.3. The summed E-state index contributed by atoms with van der Waals surface area (Å²) in [6, 6.07) is 6.31. The Balaban J connectivity index is 1.40. The number of likely N-dealkylation sites (tertiary alicyclic amines) is 2. The van der Waals surface area contributed by atoms with Gasteiger partial charge >= 0.3 is 6.03 Å². The Morgan fingerprint density at radius 3 is 2.36 bits per heavy atom. The number of carbonyl (C=O) groups excluding carboxylic acids is 4. The molecular formula is C24H32N4O5. The van der Waals surface area contributed by atoms with Gasteiger partial charge in [-0.15, -0.1) is 0 Å². The highest BCUT2D eigenvalue weighted by molar-refractivity contribution is 6.09. The molecule has 0 aromatic heterocycles. The molecule has 3 fully saturated rings. The third kappa shape index (κ3) is 4.54. The highest BCUT2D eigenvalue weighted by atomic mass is 16.5. The van der Waals surface area contributed by atoms with E-state index in [1.165, 1.54) is 0 Å². The van der Waals surface area contributed by atoms with E-state index in [-0.39, 0.29) is 24.3 Å². The van der Waals surface area contributed by atoms with Gasteiger partial charge < -0.3 is 19.9 Å². The maximum Gasteiger partial charge on any atom is 0.325 e. The van der Waals surface area contributed by atoms with Crippen LogP contribution < -0.4 is 10.1 Å². The maximum atomic E-state index is 13.2. The molecule has 0 aliphatic carbocycles. The standard InChI is InChI=1S/C24H32N4O5/c1-24(18-8-10-19(33-2)11-9-18)22(31)28(23(32)25-24)16-20(29)27-14-6-7-17(15-27)21(30)26-12-4-3-5-13-26/h8-11,17H,3-7,12-16H2,1-2H3,(H,25,32)/t17-,24+/m1/s1. The predicted molar refractivity (Wildman–Crippen MR) is 120 cm³/mol. The van der Waals surface area contributed by atoms with Crippen molar-refractivity contribution in [2.45, 2.75) is 44.6 Å². The molecule has 0 saturated carbocycles. The summed E-state index contributed by atoms with van der Waals surface area (Å²) in [6.07, 6.45) is 4.71. The lowest BCUT2D eigenvalue weighted by molar-refractivity contribution is -0.144. The minimum Gasteiger partial charge on any atom is -0.497 e. The lowest BCUT2D eigenvalue weighted by atomic mass is 9.92. The van der Waals surface area contributed by atoms with Crippen LogP contribution in [0.1, 0.15) is 44.6 Å². The van der Waals surface area contributed by atoms with Gasteiger partial charge in [-0.25, -0.2) is 4.79 Å². The Morgan fingerprint density at radius 1 is 1.03 bits per heavy atom. The van der Waals surface area contributed by atoms with Gasteiger partial charge in [0.2, 0.25) is 11.8 Å². The number of amides is 5. The molecule has 3 aliphatic heterocycles. The first-order valence-corrected chi connectivity index (χ1v) is 11.7. The molecule has 2 atom stereocenters. The van der Waals surface area contributed by atoms with E-state index in [2.05, 4.69) is 5.32 Å². The number of rotatable bonds is 5. The van der Waals surface area contributed by atoms with Crippen LogP contribution in [0.3, 0.4) is 0 Å². The fourth-order valence-electron chi connectivity index (χ4n) is 4.97. The Kier molecular flexibility index (Phi) is 6.58. The fraction of sp³-hybridized carbons (Fsp3) is 0.583. The second-order valence-corrected chi connectivity index (χ2v) is 9.24. The van der Waals surface area contributed by atoms with E-state index in [1.54, 1.807) is 43.2 Å². The zero-order valence-corrected chi connectivity index (χ0v) is 19.3. The molecule has 1 aromatic carbocycles.